The van der Waals surface area contributed by atoms with Gasteiger partial charge in [-0.2, -0.15) is 0 Å². The van der Waals surface area contributed by atoms with Gasteiger partial charge in [0.05, 0.1) is 14.2 Å². The molecule has 0 aromatic heterocycles. The second-order valence-electron chi connectivity index (χ2n) is 7.31. The number of methoxy groups -OCH3 is 2. The van der Waals surface area contributed by atoms with Crippen LogP contribution in [-0.2, 0) is 19.1 Å². The van der Waals surface area contributed by atoms with Crippen LogP contribution >= 0.6 is 0 Å². The van der Waals surface area contributed by atoms with E-state index in [1.807, 2.05) is 48.5 Å². The van der Waals surface area contributed by atoms with Crippen molar-refractivity contribution in [3.8, 4) is 0 Å². The summed E-state index contributed by atoms with van der Waals surface area (Å²) in [7, 11) is 2.62. The monoisotopic (exact) mass is 386 g/mol. The minimum Gasteiger partial charge on any atom is -0.468 e. The lowest BCUT2D eigenvalue weighted by Gasteiger charge is -2.22. The summed E-state index contributed by atoms with van der Waals surface area (Å²) in [6, 6.07) is 18.0. The number of allylic oxidation sites excluding steroid dienone is 4. The fraction of sp³-hybridized carbons (Fsp3) is 0.200. The Morgan fingerprint density at radius 3 is 2.21 bits per heavy atom. The molecule has 0 spiro atoms. The van der Waals surface area contributed by atoms with E-state index in [0.717, 1.165) is 33.4 Å². The van der Waals surface area contributed by atoms with Gasteiger partial charge in [0, 0.05) is 6.42 Å². The van der Waals surface area contributed by atoms with Crippen molar-refractivity contribution in [1.29, 1.82) is 0 Å². The van der Waals surface area contributed by atoms with Crippen LogP contribution in [0.4, 0.5) is 0 Å². The summed E-state index contributed by atoms with van der Waals surface area (Å²) in [5.74, 6) is -1.12. The van der Waals surface area contributed by atoms with Crippen LogP contribution in [0.3, 0.4) is 0 Å². The summed E-state index contributed by atoms with van der Waals surface area (Å²) >= 11 is 0. The molecule has 0 amide bonds. The van der Waals surface area contributed by atoms with E-state index < -0.39 is 17.4 Å². The number of rotatable bonds is 3. The fourth-order valence-corrected chi connectivity index (χ4v) is 4.24. The quantitative estimate of drug-likeness (QED) is 0.568. The molecule has 1 fully saturated rings. The predicted molar refractivity (Wildman–Crippen MR) is 113 cm³/mol. The number of hydrogen-bond donors (Lipinski definition) is 0. The Hall–Kier alpha value is -3.40. The smallest absolute Gasteiger partial charge is 0.323 e. The normalized spacial score (nSPS) is 20.6. The molecule has 2 aromatic rings. The Morgan fingerprint density at radius 1 is 0.862 bits per heavy atom. The lowest BCUT2D eigenvalue weighted by molar-refractivity contribution is -0.168. The maximum atomic E-state index is 12.7. The van der Waals surface area contributed by atoms with E-state index in [9.17, 15) is 9.59 Å². The zero-order valence-electron chi connectivity index (χ0n) is 16.5. The Labute approximate surface area is 170 Å². The highest BCUT2D eigenvalue weighted by Gasteiger charge is 2.54. The molecule has 2 aliphatic carbocycles. The average Bonchev–Trinajstić information content (AvgIpc) is 3.35. The van der Waals surface area contributed by atoms with Crippen LogP contribution in [0.2, 0.25) is 0 Å². The highest BCUT2D eigenvalue weighted by atomic mass is 16.5. The molecule has 2 aromatic carbocycles. The molecule has 4 nitrogen and oxygen atoms in total. The minimum absolute atomic E-state index is 0.246. The van der Waals surface area contributed by atoms with Crippen molar-refractivity contribution >= 4 is 29.7 Å². The molecule has 1 saturated carbocycles. The van der Waals surface area contributed by atoms with E-state index >= 15 is 0 Å². The van der Waals surface area contributed by atoms with E-state index in [0.29, 0.717) is 0 Å². The van der Waals surface area contributed by atoms with Crippen molar-refractivity contribution in [2.75, 3.05) is 14.2 Å². The molecule has 146 valence electrons. The van der Waals surface area contributed by atoms with Crippen LogP contribution < -0.4 is 0 Å². The van der Waals surface area contributed by atoms with Gasteiger partial charge in [0.2, 0.25) is 0 Å². The molecule has 0 radical (unpaired) electrons. The molecule has 4 heteroatoms. The van der Waals surface area contributed by atoms with Crippen molar-refractivity contribution in [3.05, 3.63) is 88.5 Å². The van der Waals surface area contributed by atoms with Crippen molar-refractivity contribution in [1.82, 2.24) is 0 Å². The molecule has 0 bridgehead atoms. The second-order valence-corrected chi connectivity index (χ2v) is 7.31. The van der Waals surface area contributed by atoms with E-state index in [1.165, 1.54) is 14.2 Å². The average molecular weight is 386 g/mol. The number of fused-ring (bicyclic) bond motifs is 1. The van der Waals surface area contributed by atoms with Gasteiger partial charge in [-0.1, -0.05) is 72.8 Å². The summed E-state index contributed by atoms with van der Waals surface area (Å²) < 4.78 is 10.1. The van der Waals surface area contributed by atoms with Crippen LogP contribution in [0.5, 0.6) is 0 Å². The second kappa shape index (κ2) is 7.55. The Morgan fingerprint density at radius 2 is 1.52 bits per heavy atom. The maximum absolute atomic E-state index is 12.7. The molecule has 2 aliphatic rings. The number of carbonyl (C=O) groups is 2. The summed E-state index contributed by atoms with van der Waals surface area (Å²) in [4.78, 5) is 25.5. The lowest BCUT2D eigenvalue weighted by Crippen LogP contribution is -2.38. The number of carbonyl (C=O) groups excluding carboxylic acids is 2. The van der Waals surface area contributed by atoms with Gasteiger partial charge in [0.25, 0.3) is 0 Å². The van der Waals surface area contributed by atoms with E-state index in [2.05, 4.69) is 24.3 Å². The zero-order valence-corrected chi connectivity index (χ0v) is 16.5. The Bertz CT molecular complexity index is 1040. The van der Waals surface area contributed by atoms with Crippen LogP contribution in [0.15, 0.2) is 71.8 Å². The third-order valence-corrected chi connectivity index (χ3v) is 5.66. The molecule has 0 aliphatic heterocycles. The van der Waals surface area contributed by atoms with Crippen LogP contribution in [-0.4, -0.2) is 26.2 Å². The molecule has 0 atom stereocenters. The molecule has 0 unspecified atom stereocenters. The molecule has 0 saturated heterocycles. The first-order valence-corrected chi connectivity index (χ1v) is 9.52. The van der Waals surface area contributed by atoms with Gasteiger partial charge in [0.1, 0.15) is 0 Å². The molecule has 0 N–H and O–H groups in total. The molecule has 0 heterocycles. The van der Waals surface area contributed by atoms with Crippen LogP contribution in [0.1, 0.15) is 29.5 Å². The van der Waals surface area contributed by atoms with Gasteiger partial charge in [-0.25, -0.2) is 0 Å². The SMILES string of the molecule is COC(=O)C1(C(=O)OC)CC(=C\c2ccccc2)/C(=C2\C=Cc3ccccc32)C1. The Kier molecular flexibility index (Phi) is 4.93. The first kappa shape index (κ1) is 18.9. The summed E-state index contributed by atoms with van der Waals surface area (Å²) in [6.45, 7) is 0. The topological polar surface area (TPSA) is 52.6 Å². The predicted octanol–water partition coefficient (Wildman–Crippen LogP) is 4.68. The number of esters is 2. The van der Waals surface area contributed by atoms with Crippen LogP contribution in [0, 0.1) is 5.41 Å². The van der Waals surface area contributed by atoms with Gasteiger partial charge >= 0.3 is 11.9 Å². The van der Waals surface area contributed by atoms with Crippen molar-refractivity contribution in [2.45, 2.75) is 12.8 Å². The van der Waals surface area contributed by atoms with Gasteiger partial charge in [-0.15, -0.1) is 0 Å². The molecule has 4 rings (SSSR count). The van der Waals surface area contributed by atoms with E-state index in [4.69, 9.17) is 9.47 Å². The molecular weight excluding hydrogens is 364 g/mol. The lowest BCUT2D eigenvalue weighted by atomic mass is 9.85. The van der Waals surface area contributed by atoms with Crippen molar-refractivity contribution in [3.63, 3.8) is 0 Å². The van der Waals surface area contributed by atoms with Gasteiger partial charge in [0.15, 0.2) is 5.41 Å². The highest BCUT2D eigenvalue weighted by Crippen LogP contribution is 2.51. The fourth-order valence-electron chi connectivity index (χ4n) is 4.24. The number of ether oxygens (including phenoxy) is 2. The number of hydrogen-bond acceptors (Lipinski definition) is 4. The number of benzene rings is 2. The standard InChI is InChI=1S/C25H22O4/c1-28-23(26)25(24(27)29-2)15-19(14-17-8-4-3-5-9-17)22(16-25)21-13-12-18-10-6-7-11-20(18)21/h3-14H,15-16H2,1-2H3/b19-14+,22-21+. The van der Waals surface area contributed by atoms with E-state index in [-0.39, 0.29) is 12.8 Å². The Balaban J connectivity index is 1.91. The van der Waals surface area contributed by atoms with Gasteiger partial charge in [-0.3, -0.25) is 9.59 Å². The first-order valence-electron chi connectivity index (χ1n) is 9.52. The molecule has 29 heavy (non-hydrogen) atoms. The third-order valence-electron chi connectivity index (χ3n) is 5.66. The highest BCUT2D eigenvalue weighted by molar-refractivity contribution is 6.04. The minimum atomic E-state index is -1.36. The van der Waals surface area contributed by atoms with Gasteiger partial charge in [-0.05, 0) is 39.8 Å². The largest absolute Gasteiger partial charge is 0.468 e. The van der Waals surface area contributed by atoms with Gasteiger partial charge < -0.3 is 9.47 Å². The van der Waals surface area contributed by atoms with Crippen molar-refractivity contribution < 1.29 is 19.1 Å². The van der Waals surface area contributed by atoms with E-state index in [1.54, 1.807) is 0 Å². The third kappa shape index (κ3) is 3.21. The summed E-state index contributed by atoms with van der Waals surface area (Å²) in [5, 5.41) is 0. The zero-order chi connectivity index (χ0) is 20.4. The van der Waals surface area contributed by atoms with Crippen LogP contribution in [0.25, 0.3) is 17.7 Å². The molecular formula is C25H22O4. The summed E-state index contributed by atoms with van der Waals surface area (Å²) in [6.07, 6.45) is 6.66. The van der Waals surface area contributed by atoms with Crippen molar-refractivity contribution in [2.24, 2.45) is 5.41 Å². The summed E-state index contributed by atoms with van der Waals surface area (Å²) in [5.41, 5.74) is 4.85. The first-order chi connectivity index (χ1) is 14.1. The maximum Gasteiger partial charge on any atom is 0.323 e.